The molecule has 1 aromatic carbocycles. The largest absolute Gasteiger partial charge is 0.480 e. The van der Waals surface area contributed by atoms with Crippen LogP contribution in [0.15, 0.2) is 18.2 Å². The van der Waals surface area contributed by atoms with Gasteiger partial charge in [-0.15, -0.1) is 11.8 Å². The van der Waals surface area contributed by atoms with E-state index in [9.17, 15) is 18.4 Å². The molecule has 1 atom stereocenters. The molecule has 2 N–H and O–H groups in total. The maximum atomic E-state index is 13.0. The number of carboxylic acids is 1. The number of carbonyl (C=O) groups excluding carboxylic acids is 1. The first-order valence-electron chi connectivity index (χ1n) is 5.78. The molecular weight excluding hydrogens is 290 g/mol. The Hall–Kier alpha value is -1.83. The number of carbonyl (C=O) groups is 2. The minimum Gasteiger partial charge on any atom is -0.480 e. The Bertz CT molecular complexity index is 541. The molecule has 0 radical (unpaired) electrons. The molecule has 5 nitrogen and oxygen atoms in total. The molecule has 0 unspecified atom stereocenters. The number of halogens is 2. The van der Waals surface area contributed by atoms with Crippen LogP contribution in [-0.4, -0.2) is 39.7 Å². The van der Waals surface area contributed by atoms with Gasteiger partial charge in [-0.2, -0.15) is 0 Å². The third-order valence-corrected chi connectivity index (χ3v) is 3.87. The second-order valence-corrected chi connectivity index (χ2v) is 5.23. The van der Waals surface area contributed by atoms with E-state index in [-0.39, 0.29) is 6.54 Å². The Morgan fingerprint density at radius 1 is 1.40 bits per heavy atom. The summed E-state index contributed by atoms with van der Waals surface area (Å²) in [5.41, 5.74) is 0.399. The molecule has 0 aliphatic carbocycles. The molecule has 1 aliphatic rings. The highest BCUT2D eigenvalue weighted by atomic mass is 32.2. The minimum atomic E-state index is -1.06. The van der Waals surface area contributed by atoms with Crippen molar-refractivity contribution in [3.63, 3.8) is 0 Å². The van der Waals surface area contributed by atoms with Gasteiger partial charge in [-0.05, 0) is 17.7 Å². The standard InChI is InChI=1S/C12H12F2N2O3S/c13-8-2-1-7(3-9(8)14)4-15-12(19)16-6-20-5-10(16)11(17)18/h1-3,10H,4-6H2,(H,15,19)(H,17,18)/t10-/m0/s1. The van der Waals surface area contributed by atoms with Gasteiger partial charge in [-0.25, -0.2) is 18.4 Å². The van der Waals surface area contributed by atoms with Crippen molar-refractivity contribution in [2.24, 2.45) is 0 Å². The number of carboxylic acid groups (broad SMARTS) is 1. The molecule has 2 rings (SSSR count). The third-order valence-electron chi connectivity index (χ3n) is 2.86. The average Bonchev–Trinajstić information content (AvgIpc) is 2.89. The molecule has 1 heterocycles. The van der Waals surface area contributed by atoms with Gasteiger partial charge in [0.25, 0.3) is 0 Å². The molecule has 8 heteroatoms. The lowest BCUT2D eigenvalue weighted by atomic mass is 10.2. The number of hydrogen-bond acceptors (Lipinski definition) is 3. The summed E-state index contributed by atoms with van der Waals surface area (Å²) >= 11 is 1.35. The van der Waals surface area contributed by atoms with Crippen molar-refractivity contribution in [1.29, 1.82) is 0 Å². The van der Waals surface area contributed by atoms with Crippen LogP contribution in [-0.2, 0) is 11.3 Å². The summed E-state index contributed by atoms with van der Waals surface area (Å²) in [5, 5.41) is 11.5. The molecule has 0 spiro atoms. The predicted molar refractivity (Wildman–Crippen MR) is 69.2 cm³/mol. The van der Waals surface area contributed by atoms with E-state index in [4.69, 9.17) is 5.11 Å². The smallest absolute Gasteiger partial charge is 0.327 e. The molecule has 1 fully saturated rings. The normalized spacial score (nSPS) is 18.1. The summed E-state index contributed by atoms with van der Waals surface area (Å²) in [6.07, 6.45) is 0. The molecule has 20 heavy (non-hydrogen) atoms. The first-order chi connectivity index (χ1) is 9.49. The van der Waals surface area contributed by atoms with Gasteiger partial charge in [-0.1, -0.05) is 6.07 Å². The van der Waals surface area contributed by atoms with Crippen LogP contribution in [0.25, 0.3) is 0 Å². The van der Waals surface area contributed by atoms with Gasteiger partial charge >= 0.3 is 12.0 Å². The van der Waals surface area contributed by atoms with Crippen molar-refractivity contribution in [1.82, 2.24) is 10.2 Å². The van der Waals surface area contributed by atoms with Crippen LogP contribution in [0, 0.1) is 11.6 Å². The van der Waals surface area contributed by atoms with E-state index in [0.29, 0.717) is 17.2 Å². The summed E-state index contributed by atoms with van der Waals surface area (Å²) in [6, 6.07) is 1.93. The summed E-state index contributed by atoms with van der Waals surface area (Å²) in [7, 11) is 0. The van der Waals surface area contributed by atoms with Gasteiger partial charge in [0.2, 0.25) is 0 Å². The highest BCUT2D eigenvalue weighted by Gasteiger charge is 2.34. The SMILES string of the molecule is O=C(O)[C@@H]1CSCN1C(=O)NCc1ccc(F)c(F)c1. The lowest BCUT2D eigenvalue weighted by molar-refractivity contribution is -0.140. The molecule has 0 saturated carbocycles. The number of benzene rings is 1. The van der Waals surface area contributed by atoms with Crippen LogP contribution >= 0.6 is 11.8 Å². The first kappa shape index (κ1) is 14.6. The Morgan fingerprint density at radius 3 is 2.80 bits per heavy atom. The van der Waals surface area contributed by atoms with Crippen molar-refractivity contribution >= 4 is 23.8 Å². The number of hydrogen-bond donors (Lipinski definition) is 2. The van der Waals surface area contributed by atoms with E-state index in [1.165, 1.54) is 22.7 Å². The minimum absolute atomic E-state index is 0.00351. The maximum absolute atomic E-state index is 13.0. The zero-order chi connectivity index (χ0) is 14.7. The van der Waals surface area contributed by atoms with Gasteiger partial charge in [0, 0.05) is 12.3 Å². The fraction of sp³-hybridized carbons (Fsp3) is 0.333. The van der Waals surface area contributed by atoms with Crippen LogP contribution in [0.3, 0.4) is 0 Å². The van der Waals surface area contributed by atoms with Gasteiger partial charge in [0.1, 0.15) is 6.04 Å². The average molecular weight is 302 g/mol. The fourth-order valence-corrected chi connectivity index (χ4v) is 2.92. The van der Waals surface area contributed by atoms with Crippen molar-refractivity contribution in [3.8, 4) is 0 Å². The highest BCUT2D eigenvalue weighted by molar-refractivity contribution is 7.99. The van der Waals surface area contributed by atoms with Crippen molar-refractivity contribution in [3.05, 3.63) is 35.4 Å². The summed E-state index contributed by atoms with van der Waals surface area (Å²) in [4.78, 5) is 24.0. The third kappa shape index (κ3) is 3.19. The van der Waals surface area contributed by atoms with Crippen LogP contribution < -0.4 is 5.32 Å². The molecule has 2 amide bonds. The molecule has 1 saturated heterocycles. The predicted octanol–water partition coefficient (Wildman–Crippen LogP) is 1.63. The van der Waals surface area contributed by atoms with E-state index in [1.807, 2.05) is 0 Å². The van der Waals surface area contributed by atoms with E-state index < -0.39 is 29.7 Å². The van der Waals surface area contributed by atoms with Crippen molar-refractivity contribution < 1.29 is 23.5 Å². The second-order valence-electron chi connectivity index (χ2n) is 4.23. The lowest BCUT2D eigenvalue weighted by Gasteiger charge is -2.20. The summed E-state index contributed by atoms with van der Waals surface area (Å²) in [5.74, 6) is -2.37. The number of thioether (sulfide) groups is 1. The summed E-state index contributed by atoms with van der Waals surface area (Å²) in [6.45, 7) is 0.00351. The van der Waals surface area contributed by atoms with E-state index in [2.05, 4.69) is 5.32 Å². The Labute approximate surface area is 117 Å². The fourth-order valence-electron chi connectivity index (χ4n) is 1.78. The molecular formula is C12H12F2N2O3S. The number of urea groups is 1. The molecule has 0 bridgehead atoms. The molecule has 108 valence electrons. The van der Waals surface area contributed by atoms with E-state index in [0.717, 1.165) is 12.1 Å². The quantitative estimate of drug-likeness (QED) is 0.890. The van der Waals surface area contributed by atoms with E-state index >= 15 is 0 Å². The van der Waals surface area contributed by atoms with Crippen LogP contribution in [0.5, 0.6) is 0 Å². The Balaban J connectivity index is 1.94. The summed E-state index contributed by atoms with van der Waals surface area (Å²) < 4.78 is 25.7. The molecule has 0 aromatic heterocycles. The van der Waals surface area contributed by atoms with Crippen LogP contribution in [0.4, 0.5) is 13.6 Å². The maximum Gasteiger partial charge on any atom is 0.327 e. The van der Waals surface area contributed by atoms with Crippen LogP contribution in [0.1, 0.15) is 5.56 Å². The first-order valence-corrected chi connectivity index (χ1v) is 6.93. The topological polar surface area (TPSA) is 69.6 Å². The zero-order valence-electron chi connectivity index (χ0n) is 10.3. The Kier molecular flexibility index (Phi) is 4.43. The second kappa shape index (κ2) is 6.08. The highest BCUT2D eigenvalue weighted by Crippen LogP contribution is 2.21. The zero-order valence-corrected chi connectivity index (χ0v) is 11.1. The van der Waals surface area contributed by atoms with Gasteiger partial charge < -0.3 is 15.3 Å². The molecule has 1 aliphatic heterocycles. The monoisotopic (exact) mass is 302 g/mol. The van der Waals surface area contributed by atoms with Crippen molar-refractivity contribution in [2.75, 3.05) is 11.6 Å². The number of rotatable bonds is 3. The number of nitrogens with zero attached hydrogens (tertiary/aromatic N) is 1. The van der Waals surface area contributed by atoms with E-state index in [1.54, 1.807) is 0 Å². The van der Waals surface area contributed by atoms with Gasteiger partial charge in [-0.3, -0.25) is 0 Å². The number of amides is 2. The van der Waals surface area contributed by atoms with Gasteiger partial charge in [0.05, 0.1) is 5.88 Å². The van der Waals surface area contributed by atoms with Crippen LogP contribution in [0.2, 0.25) is 0 Å². The number of nitrogens with one attached hydrogen (secondary N) is 1. The Morgan fingerprint density at radius 2 is 2.15 bits per heavy atom. The lowest BCUT2D eigenvalue weighted by Crippen LogP contribution is -2.46. The van der Waals surface area contributed by atoms with Crippen molar-refractivity contribution in [2.45, 2.75) is 12.6 Å². The number of aliphatic carboxylic acids is 1. The van der Waals surface area contributed by atoms with Gasteiger partial charge in [0.15, 0.2) is 11.6 Å². The molecule has 1 aromatic rings.